The molecule has 0 saturated heterocycles. The second-order valence-electron chi connectivity index (χ2n) is 5.76. The predicted molar refractivity (Wildman–Crippen MR) is 109 cm³/mol. The molecule has 1 aromatic carbocycles. The van der Waals surface area contributed by atoms with Gasteiger partial charge in [-0.05, 0) is 65.0 Å². The van der Waals surface area contributed by atoms with E-state index in [-0.39, 0.29) is 11.9 Å². The van der Waals surface area contributed by atoms with Crippen molar-refractivity contribution in [3.8, 4) is 0 Å². The van der Waals surface area contributed by atoms with Crippen LogP contribution in [0, 0.1) is 0 Å². The summed E-state index contributed by atoms with van der Waals surface area (Å²) >= 11 is 0. The van der Waals surface area contributed by atoms with Crippen LogP contribution in [-0.2, 0) is 4.79 Å². The van der Waals surface area contributed by atoms with Crippen LogP contribution in [0.5, 0.6) is 0 Å². The number of allylic oxidation sites excluding steroid dienone is 2. The Kier molecular flexibility index (Phi) is 8.33. The molecular weight excluding hydrogens is 312 g/mol. The number of amides is 1. The van der Waals surface area contributed by atoms with E-state index in [1.807, 2.05) is 71.0 Å². The van der Waals surface area contributed by atoms with E-state index in [2.05, 4.69) is 21.9 Å². The van der Waals surface area contributed by atoms with Gasteiger partial charge in [0.15, 0.2) is 0 Å². The van der Waals surface area contributed by atoms with Crippen LogP contribution in [0.3, 0.4) is 0 Å². The Balaban J connectivity index is 3.14. The van der Waals surface area contributed by atoms with Crippen molar-refractivity contribution in [2.75, 3.05) is 16.8 Å². The maximum atomic E-state index is 12.0. The zero-order valence-electron chi connectivity index (χ0n) is 15.8. The molecule has 1 amide bonds. The van der Waals surface area contributed by atoms with E-state index < -0.39 is 0 Å². The fraction of sp³-hybridized carbons (Fsp3) is 0.350. The van der Waals surface area contributed by atoms with E-state index in [4.69, 9.17) is 0 Å². The number of anilines is 2. The molecule has 0 radical (unpaired) electrons. The molecule has 1 rings (SSSR count). The van der Waals surface area contributed by atoms with Gasteiger partial charge in [-0.15, -0.1) is 0 Å². The van der Waals surface area contributed by atoms with Crippen molar-refractivity contribution in [1.82, 2.24) is 0 Å². The number of nitrogens with one attached hydrogen (secondary N) is 1. The molecule has 0 aliphatic rings. The third-order valence-electron chi connectivity index (χ3n) is 3.24. The number of hydrogen-bond acceptors (Lipinski definition) is 2. The third-order valence-corrected chi connectivity index (χ3v) is 3.24. The topological polar surface area (TPSA) is 57.1 Å². The summed E-state index contributed by atoms with van der Waals surface area (Å²) in [5.74, 6) is 0.415. The van der Waals surface area contributed by atoms with Gasteiger partial charge in [-0.25, -0.2) is 9.98 Å². The van der Waals surface area contributed by atoms with Gasteiger partial charge in [0.2, 0.25) is 11.9 Å². The quantitative estimate of drug-likeness (QED) is 0.473. The van der Waals surface area contributed by atoms with Crippen molar-refractivity contribution in [3.63, 3.8) is 0 Å². The summed E-state index contributed by atoms with van der Waals surface area (Å²) in [6.45, 7) is 13.9. The van der Waals surface area contributed by atoms with E-state index in [1.165, 1.54) is 6.08 Å². The van der Waals surface area contributed by atoms with Crippen LogP contribution in [0.4, 0.5) is 11.4 Å². The Hall–Kier alpha value is -2.69. The maximum Gasteiger partial charge on any atom is 0.250 e. The van der Waals surface area contributed by atoms with Crippen LogP contribution in [0.15, 0.2) is 59.1 Å². The monoisotopic (exact) mass is 340 g/mol. The lowest BCUT2D eigenvalue weighted by Crippen LogP contribution is -2.28. The number of rotatable bonds is 6. The summed E-state index contributed by atoms with van der Waals surface area (Å²) in [6.07, 6.45) is 5.18. The molecule has 0 unspecified atom stereocenters. The number of benzene rings is 1. The van der Waals surface area contributed by atoms with E-state index >= 15 is 0 Å². The molecule has 0 fully saturated rings. The highest BCUT2D eigenvalue weighted by molar-refractivity contribution is 6.07. The number of likely N-dealkylation sites (N-methyl/N-ethyl adjacent to an activating group) is 1. The molecule has 1 N–H and O–H groups in total. The van der Waals surface area contributed by atoms with Crippen LogP contribution >= 0.6 is 0 Å². The lowest BCUT2D eigenvalue weighted by Gasteiger charge is -2.20. The van der Waals surface area contributed by atoms with E-state index in [9.17, 15) is 4.79 Å². The summed E-state index contributed by atoms with van der Waals surface area (Å²) in [5, 5.41) is 3.24. The van der Waals surface area contributed by atoms with E-state index in [1.54, 1.807) is 4.90 Å². The molecule has 0 bridgehead atoms. The molecular formula is C20H28N4O. The van der Waals surface area contributed by atoms with Gasteiger partial charge in [0, 0.05) is 29.7 Å². The van der Waals surface area contributed by atoms with Crippen LogP contribution < -0.4 is 10.2 Å². The molecule has 0 heterocycles. The van der Waals surface area contributed by atoms with Crippen LogP contribution in [-0.4, -0.2) is 30.2 Å². The number of hydrogen-bond donors (Lipinski definition) is 1. The number of carbonyl (C=O) groups excluding carboxylic acids is 1. The van der Waals surface area contributed by atoms with Gasteiger partial charge in [-0.1, -0.05) is 18.7 Å². The zero-order valence-corrected chi connectivity index (χ0v) is 15.8. The summed E-state index contributed by atoms with van der Waals surface area (Å²) in [5.41, 5.74) is 2.49. The summed E-state index contributed by atoms with van der Waals surface area (Å²) < 4.78 is 0. The summed E-state index contributed by atoms with van der Waals surface area (Å²) in [4.78, 5) is 22.7. The van der Waals surface area contributed by atoms with Crippen LogP contribution in [0.1, 0.15) is 34.6 Å². The van der Waals surface area contributed by atoms with Crippen molar-refractivity contribution in [1.29, 1.82) is 0 Å². The van der Waals surface area contributed by atoms with Crippen LogP contribution in [0.2, 0.25) is 0 Å². The van der Waals surface area contributed by atoms with E-state index in [0.717, 1.165) is 17.1 Å². The second kappa shape index (κ2) is 10.2. The highest BCUT2D eigenvalue weighted by Crippen LogP contribution is 2.20. The molecule has 0 aliphatic heterocycles. The third kappa shape index (κ3) is 6.75. The van der Waals surface area contributed by atoms with Gasteiger partial charge >= 0.3 is 0 Å². The zero-order chi connectivity index (χ0) is 18.8. The fourth-order valence-corrected chi connectivity index (χ4v) is 2.24. The SMILES string of the molecule is C=CC(=O)N(CC)c1cccc(NC(N=C(C)/C=C\C)=NC(C)C)c1. The van der Waals surface area contributed by atoms with Gasteiger partial charge in [0.25, 0.3) is 0 Å². The lowest BCUT2D eigenvalue weighted by atomic mass is 10.2. The Morgan fingerprint density at radius 1 is 1.40 bits per heavy atom. The number of carbonyl (C=O) groups is 1. The molecule has 25 heavy (non-hydrogen) atoms. The summed E-state index contributed by atoms with van der Waals surface area (Å²) in [6, 6.07) is 7.73. The Morgan fingerprint density at radius 2 is 2.12 bits per heavy atom. The smallest absolute Gasteiger partial charge is 0.250 e. The first-order valence-corrected chi connectivity index (χ1v) is 8.48. The molecule has 0 spiro atoms. The van der Waals surface area contributed by atoms with Crippen molar-refractivity contribution in [2.45, 2.75) is 40.7 Å². The molecule has 0 aromatic heterocycles. The Labute approximate surface area is 150 Å². The van der Waals surface area contributed by atoms with Gasteiger partial charge in [0.05, 0.1) is 0 Å². The van der Waals surface area contributed by atoms with Gasteiger partial charge < -0.3 is 10.2 Å². The van der Waals surface area contributed by atoms with Gasteiger partial charge in [0.1, 0.15) is 0 Å². The molecule has 5 nitrogen and oxygen atoms in total. The van der Waals surface area contributed by atoms with Crippen molar-refractivity contribution < 1.29 is 4.79 Å². The first-order valence-electron chi connectivity index (χ1n) is 8.48. The minimum atomic E-state index is -0.127. The van der Waals surface area contributed by atoms with Crippen molar-refractivity contribution >= 4 is 29.0 Å². The molecule has 0 atom stereocenters. The summed E-state index contributed by atoms with van der Waals surface area (Å²) in [7, 11) is 0. The largest absolute Gasteiger partial charge is 0.324 e. The van der Waals surface area contributed by atoms with Crippen molar-refractivity contribution in [2.24, 2.45) is 9.98 Å². The standard InChI is InChI=1S/C20H28N4O/c1-7-11-16(6)22-20(21-15(4)5)23-17-12-10-13-18(14-17)24(9-3)19(25)8-2/h7-8,10-15H,2,9H2,1,3-6H3,(H,21,23)/b11-7-,22-16?. The van der Waals surface area contributed by atoms with Gasteiger partial charge in [-0.2, -0.15) is 0 Å². The number of nitrogens with zero attached hydrogens (tertiary/aromatic N) is 3. The molecule has 134 valence electrons. The lowest BCUT2D eigenvalue weighted by molar-refractivity contribution is -0.114. The van der Waals surface area contributed by atoms with Crippen molar-refractivity contribution in [3.05, 3.63) is 49.1 Å². The highest BCUT2D eigenvalue weighted by Gasteiger charge is 2.11. The Bertz CT molecular complexity index is 687. The first kappa shape index (κ1) is 20.4. The molecule has 5 heteroatoms. The number of guanidine groups is 1. The molecule has 0 aliphatic carbocycles. The van der Waals surface area contributed by atoms with E-state index in [0.29, 0.717) is 12.5 Å². The van der Waals surface area contributed by atoms with Crippen LogP contribution in [0.25, 0.3) is 0 Å². The number of aliphatic imine (C=N–C) groups is 2. The molecule has 1 aromatic rings. The fourth-order valence-electron chi connectivity index (χ4n) is 2.24. The average molecular weight is 340 g/mol. The first-order chi connectivity index (χ1) is 11.9. The maximum absolute atomic E-state index is 12.0. The Morgan fingerprint density at radius 3 is 2.68 bits per heavy atom. The molecule has 0 saturated carbocycles. The average Bonchev–Trinajstić information content (AvgIpc) is 2.55. The second-order valence-corrected chi connectivity index (χ2v) is 5.76. The minimum absolute atomic E-state index is 0.113. The highest BCUT2D eigenvalue weighted by atomic mass is 16.2. The minimum Gasteiger partial charge on any atom is -0.324 e. The van der Waals surface area contributed by atoms with Gasteiger partial charge in [-0.3, -0.25) is 4.79 Å². The normalized spacial score (nSPS) is 12.6. The predicted octanol–water partition coefficient (Wildman–Crippen LogP) is 4.44.